The Morgan fingerprint density at radius 3 is 2.94 bits per heavy atom. The third kappa shape index (κ3) is 2.81. The van der Waals surface area contributed by atoms with E-state index in [9.17, 15) is 0 Å². The van der Waals surface area contributed by atoms with E-state index in [-0.39, 0.29) is 12.4 Å². The van der Waals surface area contributed by atoms with Crippen molar-refractivity contribution in [2.75, 3.05) is 26.2 Å². The van der Waals surface area contributed by atoms with Crippen LogP contribution in [0, 0.1) is 5.92 Å². The van der Waals surface area contributed by atoms with Gasteiger partial charge in [0.05, 0.1) is 6.04 Å². The average Bonchev–Trinajstić information content (AvgIpc) is 3.00. The van der Waals surface area contributed by atoms with Crippen LogP contribution in [0.25, 0.3) is 0 Å². The van der Waals surface area contributed by atoms with Crippen molar-refractivity contribution in [1.82, 2.24) is 19.8 Å². The minimum Gasteiger partial charge on any atom is -0.337 e. The fourth-order valence-corrected chi connectivity index (χ4v) is 2.55. The summed E-state index contributed by atoms with van der Waals surface area (Å²) < 4.78 is 2.15. The molecule has 96 valence electrons. The molecule has 1 atom stereocenters. The smallest absolute Gasteiger partial charge is 0.127 e. The predicted molar refractivity (Wildman–Crippen MR) is 70.4 cm³/mol. The van der Waals surface area contributed by atoms with Crippen molar-refractivity contribution < 1.29 is 0 Å². The van der Waals surface area contributed by atoms with Gasteiger partial charge in [0.1, 0.15) is 5.82 Å². The van der Waals surface area contributed by atoms with E-state index in [1.807, 2.05) is 12.4 Å². The predicted octanol–water partition coefficient (Wildman–Crippen LogP) is 1.20. The Kier molecular flexibility index (Phi) is 4.07. The van der Waals surface area contributed by atoms with Gasteiger partial charge in [0.15, 0.2) is 0 Å². The minimum atomic E-state index is 0. The van der Waals surface area contributed by atoms with Crippen molar-refractivity contribution >= 4 is 12.4 Å². The Morgan fingerprint density at radius 1 is 1.47 bits per heavy atom. The van der Waals surface area contributed by atoms with Crippen LogP contribution in [0.3, 0.4) is 0 Å². The number of rotatable bonds is 3. The highest BCUT2D eigenvalue weighted by molar-refractivity contribution is 5.85. The van der Waals surface area contributed by atoms with Gasteiger partial charge in [0, 0.05) is 45.6 Å². The number of hydrogen-bond acceptors (Lipinski definition) is 3. The summed E-state index contributed by atoms with van der Waals surface area (Å²) in [5.74, 6) is 2.16. The lowest BCUT2D eigenvalue weighted by atomic mass is 10.1. The third-order valence-electron chi connectivity index (χ3n) is 3.70. The summed E-state index contributed by atoms with van der Waals surface area (Å²) in [6.45, 7) is 4.58. The van der Waals surface area contributed by atoms with Gasteiger partial charge in [-0.3, -0.25) is 4.90 Å². The standard InChI is InChI=1S/C12H20N4.ClH/c1-15-6-5-14-12(15)11-8-13-4-7-16(11)9-10-2-3-10;/h5-6,10-11,13H,2-4,7-9H2,1H3;1H. The first-order chi connectivity index (χ1) is 7.84. The minimum absolute atomic E-state index is 0. The molecular formula is C12H21ClN4. The van der Waals surface area contributed by atoms with Crippen molar-refractivity contribution in [3.05, 3.63) is 18.2 Å². The summed E-state index contributed by atoms with van der Waals surface area (Å²) in [6, 6.07) is 0.467. The van der Waals surface area contributed by atoms with Gasteiger partial charge < -0.3 is 9.88 Å². The van der Waals surface area contributed by atoms with E-state index in [0.29, 0.717) is 6.04 Å². The number of nitrogens with zero attached hydrogens (tertiary/aromatic N) is 3. The second-order valence-electron chi connectivity index (χ2n) is 5.05. The number of nitrogens with one attached hydrogen (secondary N) is 1. The lowest BCUT2D eigenvalue weighted by Crippen LogP contribution is -2.47. The van der Waals surface area contributed by atoms with Crippen LogP contribution < -0.4 is 5.32 Å². The molecule has 2 heterocycles. The molecule has 1 unspecified atom stereocenters. The van der Waals surface area contributed by atoms with Gasteiger partial charge in [0.2, 0.25) is 0 Å². The van der Waals surface area contributed by atoms with E-state index < -0.39 is 0 Å². The quantitative estimate of drug-likeness (QED) is 0.882. The van der Waals surface area contributed by atoms with Crippen molar-refractivity contribution in [1.29, 1.82) is 0 Å². The molecule has 2 aliphatic rings. The van der Waals surface area contributed by atoms with Crippen LogP contribution in [0.15, 0.2) is 12.4 Å². The van der Waals surface area contributed by atoms with Crippen molar-refractivity contribution in [3.8, 4) is 0 Å². The Bertz CT molecular complexity index is 361. The maximum Gasteiger partial charge on any atom is 0.127 e. The molecule has 1 aromatic rings. The number of piperazine rings is 1. The molecule has 1 aliphatic heterocycles. The SMILES string of the molecule is Cl.Cn1ccnc1C1CNCCN1CC1CC1. The average molecular weight is 257 g/mol. The summed E-state index contributed by atoms with van der Waals surface area (Å²) in [5, 5.41) is 3.48. The number of halogens is 1. The Morgan fingerprint density at radius 2 is 2.29 bits per heavy atom. The zero-order chi connectivity index (χ0) is 11.0. The molecule has 0 bridgehead atoms. The molecule has 5 heteroatoms. The fourth-order valence-electron chi connectivity index (χ4n) is 2.55. The molecule has 2 fully saturated rings. The first-order valence-electron chi connectivity index (χ1n) is 6.26. The Hall–Kier alpha value is -0.580. The van der Waals surface area contributed by atoms with E-state index >= 15 is 0 Å². The molecule has 1 saturated heterocycles. The van der Waals surface area contributed by atoms with E-state index in [1.54, 1.807) is 0 Å². The first-order valence-corrected chi connectivity index (χ1v) is 6.26. The molecule has 0 amide bonds. The van der Waals surface area contributed by atoms with Gasteiger partial charge >= 0.3 is 0 Å². The Labute approximate surface area is 109 Å². The van der Waals surface area contributed by atoms with Crippen molar-refractivity contribution in [3.63, 3.8) is 0 Å². The van der Waals surface area contributed by atoms with Crippen molar-refractivity contribution in [2.45, 2.75) is 18.9 Å². The molecule has 1 N–H and O–H groups in total. The van der Waals surface area contributed by atoms with Gasteiger partial charge in [-0.25, -0.2) is 4.98 Å². The van der Waals surface area contributed by atoms with Crippen LogP contribution in [0.1, 0.15) is 24.7 Å². The zero-order valence-corrected chi connectivity index (χ0v) is 11.1. The lowest BCUT2D eigenvalue weighted by Gasteiger charge is -2.35. The highest BCUT2D eigenvalue weighted by atomic mass is 35.5. The number of hydrogen-bond donors (Lipinski definition) is 1. The van der Waals surface area contributed by atoms with Gasteiger partial charge in [-0.1, -0.05) is 0 Å². The number of imidazole rings is 1. The maximum absolute atomic E-state index is 4.50. The van der Waals surface area contributed by atoms with Gasteiger partial charge in [-0.05, 0) is 18.8 Å². The zero-order valence-electron chi connectivity index (χ0n) is 10.3. The first kappa shape index (κ1) is 12.9. The molecule has 1 aromatic heterocycles. The summed E-state index contributed by atoms with van der Waals surface area (Å²) in [4.78, 5) is 7.11. The van der Waals surface area contributed by atoms with Crippen LogP contribution in [-0.2, 0) is 7.05 Å². The summed E-state index contributed by atoms with van der Waals surface area (Å²) in [5.41, 5.74) is 0. The fraction of sp³-hybridized carbons (Fsp3) is 0.750. The summed E-state index contributed by atoms with van der Waals surface area (Å²) in [7, 11) is 2.09. The van der Waals surface area contributed by atoms with Gasteiger partial charge in [-0.2, -0.15) is 0 Å². The Balaban J connectivity index is 0.00000108. The molecule has 0 aromatic carbocycles. The van der Waals surface area contributed by atoms with Crippen LogP contribution in [0.5, 0.6) is 0 Å². The van der Waals surface area contributed by atoms with Crippen LogP contribution in [0.4, 0.5) is 0 Å². The van der Waals surface area contributed by atoms with Crippen LogP contribution in [0.2, 0.25) is 0 Å². The topological polar surface area (TPSA) is 33.1 Å². The molecule has 1 saturated carbocycles. The van der Waals surface area contributed by atoms with E-state index in [4.69, 9.17) is 0 Å². The van der Waals surface area contributed by atoms with E-state index in [2.05, 4.69) is 26.8 Å². The molecular weight excluding hydrogens is 236 g/mol. The van der Waals surface area contributed by atoms with Crippen LogP contribution in [-0.4, -0.2) is 40.6 Å². The van der Waals surface area contributed by atoms with E-state index in [1.165, 1.54) is 25.2 Å². The summed E-state index contributed by atoms with van der Waals surface area (Å²) >= 11 is 0. The summed E-state index contributed by atoms with van der Waals surface area (Å²) in [6.07, 6.45) is 6.80. The van der Waals surface area contributed by atoms with Gasteiger partial charge in [-0.15, -0.1) is 12.4 Å². The lowest BCUT2D eigenvalue weighted by molar-refractivity contribution is 0.146. The second kappa shape index (κ2) is 5.38. The molecule has 4 nitrogen and oxygen atoms in total. The normalized spacial score (nSPS) is 25.6. The van der Waals surface area contributed by atoms with Crippen LogP contribution >= 0.6 is 12.4 Å². The highest BCUT2D eigenvalue weighted by Gasteiger charge is 2.31. The molecule has 1 aliphatic carbocycles. The largest absolute Gasteiger partial charge is 0.337 e. The van der Waals surface area contributed by atoms with Crippen molar-refractivity contribution in [2.24, 2.45) is 13.0 Å². The van der Waals surface area contributed by atoms with E-state index in [0.717, 1.165) is 25.6 Å². The third-order valence-corrected chi connectivity index (χ3v) is 3.70. The number of aromatic nitrogens is 2. The maximum atomic E-state index is 4.50. The highest BCUT2D eigenvalue weighted by Crippen LogP contribution is 2.32. The molecule has 17 heavy (non-hydrogen) atoms. The molecule has 0 spiro atoms. The number of aryl methyl sites for hydroxylation is 1. The molecule has 3 rings (SSSR count). The molecule has 0 radical (unpaired) electrons. The van der Waals surface area contributed by atoms with Gasteiger partial charge in [0.25, 0.3) is 0 Å². The monoisotopic (exact) mass is 256 g/mol. The second-order valence-corrected chi connectivity index (χ2v) is 5.05.